The molecule has 7 heteroatoms. The first kappa shape index (κ1) is 12.0. The standard InChI is InChI=1S/C8H9ClN2O3S/c1-7(12)10-11(9)15(13,14)8-5-3-2-4-6-8/h2-6H,1H3,(H,10,12). The van der Waals surface area contributed by atoms with E-state index in [0.29, 0.717) is 0 Å². The number of hydrogen-bond donors (Lipinski definition) is 1. The van der Waals surface area contributed by atoms with E-state index >= 15 is 0 Å². The lowest BCUT2D eigenvalue weighted by molar-refractivity contribution is -0.120. The van der Waals surface area contributed by atoms with E-state index in [2.05, 4.69) is 0 Å². The minimum absolute atomic E-state index is 0.00810. The number of nitrogens with one attached hydrogen (secondary N) is 1. The van der Waals surface area contributed by atoms with Gasteiger partial charge in [-0.15, -0.1) is 0 Å². The highest BCUT2D eigenvalue weighted by atomic mass is 35.5. The van der Waals surface area contributed by atoms with Crippen LogP contribution in [0.25, 0.3) is 0 Å². The summed E-state index contributed by atoms with van der Waals surface area (Å²) < 4.78 is 23.6. The monoisotopic (exact) mass is 248 g/mol. The van der Waals surface area contributed by atoms with Crippen molar-refractivity contribution < 1.29 is 13.2 Å². The molecule has 1 aromatic rings. The quantitative estimate of drug-likeness (QED) is 0.638. The maximum Gasteiger partial charge on any atom is 0.274 e. The van der Waals surface area contributed by atoms with E-state index in [9.17, 15) is 13.2 Å². The molecule has 1 aromatic carbocycles. The Kier molecular flexibility index (Phi) is 3.67. The van der Waals surface area contributed by atoms with Crippen molar-refractivity contribution >= 4 is 27.7 Å². The third-order valence-corrected chi connectivity index (χ3v) is 3.51. The molecular weight excluding hydrogens is 240 g/mol. The zero-order valence-corrected chi connectivity index (χ0v) is 9.42. The lowest BCUT2D eigenvalue weighted by atomic mass is 10.4. The Bertz CT molecular complexity index is 446. The van der Waals surface area contributed by atoms with Crippen molar-refractivity contribution in [1.29, 1.82) is 0 Å². The summed E-state index contributed by atoms with van der Waals surface area (Å²) >= 11 is 5.42. The van der Waals surface area contributed by atoms with Crippen LogP contribution in [0.2, 0.25) is 0 Å². The maximum absolute atomic E-state index is 11.6. The number of sulfonamides is 1. The predicted molar refractivity (Wildman–Crippen MR) is 55.1 cm³/mol. The summed E-state index contributed by atoms with van der Waals surface area (Å²) in [6.07, 6.45) is 0. The van der Waals surface area contributed by atoms with Crippen molar-refractivity contribution in [3.8, 4) is 0 Å². The van der Waals surface area contributed by atoms with Gasteiger partial charge < -0.3 is 0 Å². The molecule has 0 fully saturated rings. The van der Waals surface area contributed by atoms with Crippen molar-refractivity contribution in [3.63, 3.8) is 0 Å². The Morgan fingerprint density at radius 2 is 1.87 bits per heavy atom. The Labute approximate surface area is 92.8 Å². The molecule has 0 aliphatic heterocycles. The minimum atomic E-state index is -3.87. The van der Waals surface area contributed by atoms with Gasteiger partial charge in [-0.25, -0.2) is 8.42 Å². The van der Waals surface area contributed by atoms with Crippen molar-refractivity contribution in [1.82, 2.24) is 9.36 Å². The van der Waals surface area contributed by atoms with Crippen molar-refractivity contribution in [2.45, 2.75) is 11.8 Å². The van der Waals surface area contributed by atoms with E-state index < -0.39 is 15.9 Å². The fraction of sp³-hybridized carbons (Fsp3) is 0.125. The van der Waals surface area contributed by atoms with Gasteiger partial charge in [0.25, 0.3) is 10.0 Å². The van der Waals surface area contributed by atoms with Gasteiger partial charge in [0, 0.05) is 18.7 Å². The molecule has 1 N–H and O–H groups in total. The normalized spacial score (nSPS) is 11.4. The lowest BCUT2D eigenvalue weighted by Crippen LogP contribution is -2.38. The van der Waals surface area contributed by atoms with E-state index in [1.165, 1.54) is 12.1 Å². The van der Waals surface area contributed by atoms with Crippen LogP contribution in [0, 0.1) is 0 Å². The zero-order chi connectivity index (χ0) is 11.5. The molecule has 5 nitrogen and oxygen atoms in total. The van der Waals surface area contributed by atoms with Gasteiger partial charge in [-0.2, -0.15) is 0 Å². The summed E-state index contributed by atoms with van der Waals surface area (Å²) in [6, 6.07) is 7.56. The summed E-state index contributed by atoms with van der Waals surface area (Å²) in [5.74, 6) is -0.565. The smallest absolute Gasteiger partial charge is 0.274 e. The van der Waals surface area contributed by atoms with Crippen LogP contribution in [0.3, 0.4) is 0 Å². The summed E-state index contributed by atoms with van der Waals surface area (Å²) in [5.41, 5.74) is 1.95. The average Bonchev–Trinajstić information content (AvgIpc) is 2.18. The third-order valence-electron chi connectivity index (χ3n) is 1.50. The Morgan fingerprint density at radius 3 is 2.33 bits per heavy atom. The van der Waals surface area contributed by atoms with Crippen LogP contribution >= 0.6 is 11.8 Å². The molecule has 0 aromatic heterocycles. The fourth-order valence-electron chi connectivity index (χ4n) is 0.869. The molecular formula is C8H9ClN2O3S. The molecule has 1 rings (SSSR count). The Balaban J connectivity index is 2.99. The van der Waals surface area contributed by atoms with E-state index in [1.54, 1.807) is 18.2 Å². The summed E-state index contributed by atoms with van der Waals surface area (Å²) in [6.45, 7) is 1.16. The van der Waals surface area contributed by atoms with Gasteiger partial charge in [-0.05, 0) is 16.1 Å². The number of nitrogens with zero attached hydrogens (tertiary/aromatic N) is 1. The molecule has 0 saturated heterocycles. The molecule has 0 radical (unpaired) electrons. The topological polar surface area (TPSA) is 66.5 Å². The van der Waals surface area contributed by atoms with Gasteiger partial charge in [0.05, 0.1) is 4.90 Å². The number of halogens is 1. The van der Waals surface area contributed by atoms with Crippen LogP contribution in [-0.4, -0.2) is 18.3 Å². The zero-order valence-electron chi connectivity index (χ0n) is 7.84. The van der Waals surface area contributed by atoms with Crippen molar-refractivity contribution in [3.05, 3.63) is 30.3 Å². The highest BCUT2D eigenvalue weighted by Crippen LogP contribution is 2.14. The van der Waals surface area contributed by atoms with Gasteiger partial charge in [-0.1, -0.05) is 18.2 Å². The van der Waals surface area contributed by atoms with Crippen molar-refractivity contribution in [2.24, 2.45) is 0 Å². The third kappa shape index (κ3) is 2.92. The minimum Gasteiger partial charge on any atom is -0.274 e. The van der Waals surface area contributed by atoms with Crippen LogP contribution in [0.1, 0.15) is 6.92 Å². The number of rotatable bonds is 3. The highest BCUT2D eigenvalue weighted by Gasteiger charge is 2.23. The molecule has 0 bridgehead atoms. The molecule has 1 amide bonds. The van der Waals surface area contributed by atoms with E-state index in [0.717, 1.165) is 6.92 Å². The second-order valence-electron chi connectivity index (χ2n) is 2.70. The second-order valence-corrected chi connectivity index (χ2v) is 5.03. The number of hydrazine groups is 1. The van der Waals surface area contributed by atoms with Gasteiger partial charge in [0.1, 0.15) is 0 Å². The van der Waals surface area contributed by atoms with Gasteiger partial charge in [-0.3, -0.25) is 10.2 Å². The summed E-state index contributed by atoms with van der Waals surface area (Å²) in [5, 5.41) is 0. The molecule has 0 aliphatic carbocycles. The SMILES string of the molecule is CC(=O)NN(Cl)S(=O)(=O)c1ccccc1. The first-order valence-corrected chi connectivity index (χ1v) is 5.76. The number of hydrogen-bond acceptors (Lipinski definition) is 3. The van der Waals surface area contributed by atoms with Crippen LogP contribution in [-0.2, 0) is 14.8 Å². The van der Waals surface area contributed by atoms with Gasteiger partial charge >= 0.3 is 0 Å². The average molecular weight is 249 g/mol. The first-order chi connectivity index (χ1) is 6.94. The van der Waals surface area contributed by atoms with Crippen LogP contribution in [0.15, 0.2) is 35.2 Å². The molecule has 82 valence electrons. The number of carbonyl (C=O) groups excluding carboxylic acids is 1. The molecule has 0 atom stereocenters. The van der Waals surface area contributed by atoms with E-state index in [4.69, 9.17) is 11.8 Å². The van der Waals surface area contributed by atoms with Crippen LogP contribution in [0.5, 0.6) is 0 Å². The van der Waals surface area contributed by atoms with Crippen molar-refractivity contribution in [2.75, 3.05) is 0 Å². The maximum atomic E-state index is 11.6. The van der Waals surface area contributed by atoms with E-state index in [-0.39, 0.29) is 8.83 Å². The number of carbonyl (C=O) groups is 1. The van der Waals surface area contributed by atoms with Crippen LogP contribution in [0.4, 0.5) is 0 Å². The largest absolute Gasteiger partial charge is 0.274 e. The summed E-state index contributed by atoms with van der Waals surface area (Å²) in [4.78, 5) is 10.6. The molecule has 0 unspecified atom stereocenters. The number of amides is 1. The van der Waals surface area contributed by atoms with Gasteiger partial charge in [0.15, 0.2) is 0 Å². The predicted octanol–water partition coefficient (Wildman–Crippen LogP) is 0.882. The molecule has 0 spiro atoms. The molecule has 15 heavy (non-hydrogen) atoms. The van der Waals surface area contributed by atoms with Gasteiger partial charge in [0.2, 0.25) is 5.91 Å². The second kappa shape index (κ2) is 4.61. The fourth-order valence-corrected chi connectivity index (χ4v) is 2.16. The molecule has 0 saturated carbocycles. The van der Waals surface area contributed by atoms with E-state index in [1.807, 2.05) is 5.43 Å². The highest BCUT2D eigenvalue weighted by molar-refractivity contribution is 7.90. The summed E-state index contributed by atoms with van der Waals surface area (Å²) in [7, 11) is -3.87. The molecule has 0 aliphatic rings. The number of benzene rings is 1. The first-order valence-electron chi connectivity index (χ1n) is 3.98. The Hall–Kier alpha value is -1.11. The molecule has 0 heterocycles. The van der Waals surface area contributed by atoms with Crippen LogP contribution < -0.4 is 5.43 Å². The Morgan fingerprint density at radius 1 is 1.33 bits per heavy atom. The lowest BCUT2D eigenvalue weighted by Gasteiger charge is -2.13.